The van der Waals surface area contributed by atoms with E-state index < -0.39 is 11.4 Å². The summed E-state index contributed by atoms with van der Waals surface area (Å²) in [5, 5.41) is 11.9. The van der Waals surface area contributed by atoms with Gasteiger partial charge in [-0.25, -0.2) is 0 Å². The topological polar surface area (TPSA) is 92.4 Å². The molecule has 19 heavy (non-hydrogen) atoms. The first-order valence-electron chi connectivity index (χ1n) is 6.33. The number of nitrogens with one attached hydrogen (secondary N) is 1. The van der Waals surface area contributed by atoms with Gasteiger partial charge in [0.15, 0.2) is 0 Å². The third-order valence-electron chi connectivity index (χ3n) is 3.97. The van der Waals surface area contributed by atoms with Crippen LogP contribution in [0.15, 0.2) is 18.2 Å². The van der Waals surface area contributed by atoms with E-state index in [1.807, 2.05) is 0 Å². The van der Waals surface area contributed by atoms with Crippen molar-refractivity contribution in [3.63, 3.8) is 0 Å². The second-order valence-electron chi connectivity index (χ2n) is 5.14. The molecule has 5 heteroatoms. The highest BCUT2D eigenvalue weighted by Gasteiger charge is 2.44. The van der Waals surface area contributed by atoms with Crippen LogP contribution >= 0.6 is 0 Å². The molecule has 0 spiro atoms. The van der Waals surface area contributed by atoms with Gasteiger partial charge in [0.25, 0.3) is 5.91 Å². The Kier molecular flexibility index (Phi) is 3.46. The largest absolute Gasteiger partial charge is 0.481 e. The lowest BCUT2D eigenvalue weighted by Crippen LogP contribution is -2.47. The number of anilines is 1. The molecule has 0 atom stereocenters. The number of carbonyl (C=O) groups excluding carboxylic acids is 1. The second kappa shape index (κ2) is 4.91. The van der Waals surface area contributed by atoms with Crippen LogP contribution in [0.25, 0.3) is 0 Å². The van der Waals surface area contributed by atoms with Gasteiger partial charge >= 0.3 is 5.97 Å². The molecule has 1 aromatic rings. The molecule has 1 aromatic carbocycles. The Balaban J connectivity index is 2.06. The lowest BCUT2D eigenvalue weighted by atomic mass is 9.69. The fourth-order valence-corrected chi connectivity index (χ4v) is 2.31. The molecule has 0 radical (unpaired) electrons. The Morgan fingerprint density at radius 2 is 2.11 bits per heavy atom. The quantitative estimate of drug-likeness (QED) is 0.718. The summed E-state index contributed by atoms with van der Waals surface area (Å²) >= 11 is 0. The number of carboxylic acid groups (broad SMARTS) is 1. The summed E-state index contributed by atoms with van der Waals surface area (Å²) in [5.74, 6) is -1.10. The monoisotopic (exact) mass is 262 g/mol. The minimum Gasteiger partial charge on any atom is -0.481 e. The van der Waals surface area contributed by atoms with E-state index in [1.54, 1.807) is 25.1 Å². The third kappa shape index (κ3) is 2.41. The average molecular weight is 262 g/mol. The number of benzene rings is 1. The minimum absolute atomic E-state index is 0.176. The molecule has 0 aromatic heterocycles. The van der Waals surface area contributed by atoms with Gasteiger partial charge in [-0.05, 0) is 37.5 Å². The molecule has 0 bridgehead atoms. The van der Waals surface area contributed by atoms with E-state index in [1.165, 1.54) is 0 Å². The normalized spacial score (nSPS) is 16.5. The summed E-state index contributed by atoms with van der Waals surface area (Å²) in [6.45, 7) is 1.95. The highest BCUT2D eigenvalue weighted by atomic mass is 16.4. The zero-order chi connectivity index (χ0) is 14.0. The van der Waals surface area contributed by atoms with Crippen molar-refractivity contribution in [1.82, 2.24) is 5.32 Å². The number of carbonyl (C=O) groups is 2. The maximum atomic E-state index is 12.1. The smallest absolute Gasteiger partial charge is 0.311 e. The number of amides is 1. The number of nitrogen functional groups attached to an aromatic ring is 1. The fraction of sp³-hybridized carbons (Fsp3) is 0.429. The number of aliphatic carboxylic acids is 1. The molecule has 0 unspecified atom stereocenters. The van der Waals surface area contributed by atoms with Crippen molar-refractivity contribution < 1.29 is 14.7 Å². The molecule has 1 aliphatic rings. The molecule has 1 fully saturated rings. The van der Waals surface area contributed by atoms with E-state index in [-0.39, 0.29) is 12.5 Å². The second-order valence-corrected chi connectivity index (χ2v) is 5.14. The van der Waals surface area contributed by atoms with Crippen LogP contribution in [0.4, 0.5) is 5.69 Å². The van der Waals surface area contributed by atoms with Gasteiger partial charge in [-0.15, -0.1) is 0 Å². The Morgan fingerprint density at radius 1 is 1.42 bits per heavy atom. The van der Waals surface area contributed by atoms with Gasteiger partial charge < -0.3 is 16.2 Å². The zero-order valence-electron chi connectivity index (χ0n) is 10.9. The first kappa shape index (κ1) is 13.4. The number of hydrogen-bond acceptors (Lipinski definition) is 3. The zero-order valence-corrected chi connectivity index (χ0v) is 10.9. The van der Waals surface area contributed by atoms with Crippen LogP contribution in [0, 0.1) is 12.3 Å². The summed E-state index contributed by atoms with van der Waals surface area (Å²) < 4.78 is 0. The number of carboxylic acids is 1. The fourth-order valence-electron chi connectivity index (χ4n) is 2.31. The molecule has 1 saturated carbocycles. The SMILES string of the molecule is Cc1c(N)cccc1C(=O)NCC1(C(=O)O)CCC1. The summed E-state index contributed by atoms with van der Waals surface area (Å²) in [6, 6.07) is 5.14. The van der Waals surface area contributed by atoms with Crippen molar-refractivity contribution in [3.05, 3.63) is 29.3 Å². The molecule has 0 aliphatic heterocycles. The maximum absolute atomic E-state index is 12.1. The van der Waals surface area contributed by atoms with Gasteiger partial charge in [-0.2, -0.15) is 0 Å². The Morgan fingerprint density at radius 3 is 2.63 bits per heavy atom. The van der Waals surface area contributed by atoms with Gasteiger partial charge in [0.2, 0.25) is 0 Å². The molecular weight excluding hydrogens is 244 g/mol. The lowest BCUT2D eigenvalue weighted by molar-refractivity contribution is -0.153. The van der Waals surface area contributed by atoms with Gasteiger partial charge in [0.05, 0.1) is 5.41 Å². The summed E-state index contributed by atoms with van der Waals surface area (Å²) in [6.07, 6.45) is 2.15. The van der Waals surface area contributed by atoms with Crippen molar-refractivity contribution in [2.24, 2.45) is 5.41 Å². The number of nitrogens with two attached hydrogens (primary N) is 1. The van der Waals surface area contributed by atoms with Crippen LogP contribution in [0.5, 0.6) is 0 Å². The van der Waals surface area contributed by atoms with Crippen molar-refractivity contribution >= 4 is 17.6 Å². The average Bonchev–Trinajstić information content (AvgIpc) is 2.30. The molecule has 0 heterocycles. The molecular formula is C14H18N2O3. The van der Waals surface area contributed by atoms with E-state index in [9.17, 15) is 14.7 Å². The van der Waals surface area contributed by atoms with Gasteiger partial charge in [0, 0.05) is 17.8 Å². The Hall–Kier alpha value is -2.04. The van der Waals surface area contributed by atoms with Gasteiger partial charge in [0.1, 0.15) is 0 Å². The van der Waals surface area contributed by atoms with E-state index >= 15 is 0 Å². The van der Waals surface area contributed by atoms with Crippen molar-refractivity contribution in [1.29, 1.82) is 0 Å². The molecule has 1 amide bonds. The van der Waals surface area contributed by atoms with E-state index in [2.05, 4.69) is 5.32 Å². The van der Waals surface area contributed by atoms with Crippen LogP contribution < -0.4 is 11.1 Å². The van der Waals surface area contributed by atoms with E-state index in [4.69, 9.17) is 5.73 Å². The highest BCUT2D eigenvalue weighted by Crippen LogP contribution is 2.40. The number of hydrogen-bond donors (Lipinski definition) is 3. The van der Waals surface area contributed by atoms with Crippen molar-refractivity contribution in [2.75, 3.05) is 12.3 Å². The summed E-state index contributed by atoms with van der Waals surface area (Å²) in [7, 11) is 0. The summed E-state index contributed by atoms with van der Waals surface area (Å²) in [4.78, 5) is 23.3. The predicted octanol–water partition coefficient (Wildman–Crippen LogP) is 1.56. The molecule has 1 aliphatic carbocycles. The van der Waals surface area contributed by atoms with Crippen LogP contribution in [-0.2, 0) is 4.79 Å². The summed E-state index contributed by atoms with van der Waals surface area (Å²) in [5.41, 5.74) is 6.76. The van der Waals surface area contributed by atoms with Crippen LogP contribution in [0.3, 0.4) is 0 Å². The first-order valence-corrected chi connectivity index (χ1v) is 6.33. The first-order chi connectivity index (χ1) is 8.96. The lowest BCUT2D eigenvalue weighted by Gasteiger charge is -2.37. The van der Waals surface area contributed by atoms with Crippen LogP contribution in [0.2, 0.25) is 0 Å². The number of rotatable bonds is 4. The van der Waals surface area contributed by atoms with Crippen molar-refractivity contribution in [3.8, 4) is 0 Å². The van der Waals surface area contributed by atoms with Gasteiger partial charge in [-0.3, -0.25) is 9.59 Å². The van der Waals surface area contributed by atoms with Crippen molar-refractivity contribution in [2.45, 2.75) is 26.2 Å². The molecule has 4 N–H and O–H groups in total. The molecule has 102 valence electrons. The van der Waals surface area contributed by atoms with E-state index in [0.29, 0.717) is 24.1 Å². The molecule has 5 nitrogen and oxygen atoms in total. The van der Waals surface area contributed by atoms with Gasteiger partial charge in [-0.1, -0.05) is 12.5 Å². The highest BCUT2D eigenvalue weighted by molar-refractivity contribution is 5.97. The Labute approximate surface area is 111 Å². The standard InChI is InChI=1S/C14H18N2O3/c1-9-10(4-2-5-11(9)15)12(17)16-8-14(13(18)19)6-3-7-14/h2,4-5H,3,6-8,15H2,1H3,(H,16,17)(H,18,19). The van der Waals surface area contributed by atoms with Crippen LogP contribution in [-0.4, -0.2) is 23.5 Å². The Bertz CT molecular complexity index is 521. The predicted molar refractivity (Wildman–Crippen MR) is 71.8 cm³/mol. The molecule has 2 rings (SSSR count). The molecule has 0 saturated heterocycles. The van der Waals surface area contributed by atoms with E-state index in [0.717, 1.165) is 12.0 Å². The minimum atomic E-state index is -0.830. The van der Waals surface area contributed by atoms with Crippen LogP contribution in [0.1, 0.15) is 35.2 Å². The maximum Gasteiger partial charge on any atom is 0.311 e. The third-order valence-corrected chi connectivity index (χ3v) is 3.97.